The van der Waals surface area contributed by atoms with Gasteiger partial charge in [-0.25, -0.2) is 0 Å². The lowest BCUT2D eigenvalue weighted by atomic mass is 10.3. The van der Waals surface area contributed by atoms with Gasteiger partial charge in [-0.05, 0) is 37.2 Å². The first-order valence-corrected chi connectivity index (χ1v) is 4.54. The Balaban J connectivity index is 4.70. The first kappa shape index (κ1) is 12.9. The first-order chi connectivity index (χ1) is 7.28. The van der Waals surface area contributed by atoms with Gasteiger partial charge in [0.25, 0.3) is 0 Å². The van der Waals surface area contributed by atoms with E-state index in [1.165, 1.54) is 0 Å². The Labute approximate surface area is 91.8 Å². The standard InChI is InChI=1S/C13H16N2/c1-5-9-13(15-8-4)11-10-12(6-2)14-7-3/h5-9,14-15H,1,3-4H2,2H3/b12-6-,13-9-. The summed E-state index contributed by atoms with van der Waals surface area (Å²) in [6.45, 7) is 12.6. The van der Waals surface area contributed by atoms with Crippen LogP contribution in [-0.2, 0) is 0 Å². The Morgan fingerprint density at radius 2 is 1.53 bits per heavy atom. The summed E-state index contributed by atoms with van der Waals surface area (Å²) in [5.41, 5.74) is 1.54. The van der Waals surface area contributed by atoms with E-state index in [2.05, 4.69) is 42.2 Å². The van der Waals surface area contributed by atoms with Crippen LogP contribution in [0.3, 0.4) is 0 Å². The van der Waals surface area contributed by atoms with Crippen molar-refractivity contribution in [3.8, 4) is 11.8 Å². The lowest BCUT2D eigenvalue weighted by Crippen LogP contribution is -2.04. The predicted octanol–water partition coefficient (Wildman–Crippen LogP) is 2.43. The van der Waals surface area contributed by atoms with E-state index in [1.807, 2.05) is 13.0 Å². The Morgan fingerprint density at radius 1 is 1.00 bits per heavy atom. The summed E-state index contributed by atoms with van der Waals surface area (Å²) in [5.74, 6) is 5.88. The van der Waals surface area contributed by atoms with Crippen molar-refractivity contribution in [1.29, 1.82) is 0 Å². The molecule has 2 heteroatoms. The van der Waals surface area contributed by atoms with E-state index in [4.69, 9.17) is 0 Å². The molecule has 2 N–H and O–H groups in total. The van der Waals surface area contributed by atoms with E-state index in [1.54, 1.807) is 24.6 Å². The van der Waals surface area contributed by atoms with Gasteiger partial charge in [0.1, 0.15) is 0 Å². The fourth-order valence-corrected chi connectivity index (χ4v) is 0.790. The molecular weight excluding hydrogens is 184 g/mol. The van der Waals surface area contributed by atoms with Crippen molar-refractivity contribution in [3.63, 3.8) is 0 Å². The fourth-order valence-electron chi connectivity index (χ4n) is 0.790. The van der Waals surface area contributed by atoms with Crippen molar-refractivity contribution in [1.82, 2.24) is 10.6 Å². The van der Waals surface area contributed by atoms with Crippen molar-refractivity contribution in [2.24, 2.45) is 0 Å². The van der Waals surface area contributed by atoms with Gasteiger partial charge >= 0.3 is 0 Å². The second-order valence-electron chi connectivity index (χ2n) is 2.47. The van der Waals surface area contributed by atoms with Crippen LogP contribution in [-0.4, -0.2) is 0 Å². The zero-order valence-electron chi connectivity index (χ0n) is 9.01. The van der Waals surface area contributed by atoms with E-state index >= 15 is 0 Å². The third-order valence-electron chi connectivity index (χ3n) is 1.42. The predicted molar refractivity (Wildman–Crippen MR) is 66.5 cm³/mol. The number of rotatable bonds is 5. The Bertz CT molecular complexity index is 348. The van der Waals surface area contributed by atoms with Crippen LogP contribution < -0.4 is 10.6 Å². The molecule has 0 amide bonds. The van der Waals surface area contributed by atoms with Crippen LogP contribution in [0.25, 0.3) is 0 Å². The highest BCUT2D eigenvalue weighted by Crippen LogP contribution is 1.90. The second-order valence-corrected chi connectivity index (χ2v) is 2.47. The quantitative estimate of drug-likeness (QED) is 0.526. The van der Waals surface area contributed by atoms with Crippen LogP contribution in [0.15, 0.2) is 61.8 Å². The molecule has 0 aliphatic carbocycles. The summed E-state index contributed by atoms with van der Waals surface area (Å²) in [7, 11) is 0. The summed E-state index contributed by atoms with van der Waals surface area (Å²) in [6.07, 6.45) is 8.46. The molecule has 2 nitrogen and oxygen atoms in total. The lowest BCUT2D eigenvalue weighted by molar-refractivity contribution is 1.12. The van der Waals surface area contributed by atoms with Crippen molar-refractivity contribution in [2.45, 2.75) is 6.92 Å². The third-order valence-corrected chi connectivity index (χ3v) is 1.42. The van der Waals surface area contributed by atoms with Gasteiger partial charge in [0.15, 0.2) is 0 Å². The van der Waals surface area contributed by atoms with E-state index < -0.39 is 0 Å². The monoisotopic (exact) mass is 200 g/mol. The number of hydrogen-bond acceptors (Lipinski definition) is 2. The van der Waals surface area contributed by atoms with Gasteiger partial charge in [-0.15, -0.1) is 0 Å². The maximum Gasteiger partial charge on any atom is 0.0896 e. The Kier molecular flexibility index (Phi) is 7.25. The molecule has 0 radical (unpaired) electrons. The Hall–Kier alpha value is -2.14. The van der Waals surface area contributed by atoms with Crippen LogP contribution in [0.1, 0.15) is 6.92 Å². The van der Waals surface area contributed by atoms with Crippen LogP contribution in [0.4, 0.5) is 0 Å². The normalized spacial score (nSPS) is 10.7. The molecule has 0 spiro atoms. The molecule has 0 rings (SSSR count). The minimum Gasteiger partial charge on any atom is -0.356 e. The molecule has 0 bridgehead atoms. The molecule has 0 aromatic carbocycles. The molecule has 0 unspecified atom stereocenters. The van der Waals surface area contributed by atoms with E-state index in [-0.39, 0.29) is 0 Å². The van der Waals surface area contributed by atoms with Crippen LogP contribution in [0.5, 0.6) is 0 Å². The minimum atomic E-state index is 0.741. The highest BCUT2D eigenvalue weighted by molar-refractivity contribution is 5.38. The molecule has 0 atom stereocenters. The molecule has 0 aromatic heterocycles. The summed E-state index contributed by atoms with van der Waals surface area (Å²) in [5, 5.41) is 5.82. The average molecular weight is 200 g/mol. The fraction of sp³-hybridized carbons (Fsp3) is 0.0769. The molecule has 15 heavy (non-hydrogen) atoms. The van der Waals surface area contributed by atoms with Gasteiger partial charge in [-0.1, -0.05) is 31.9 Å². The highest BCUT2D eigenvalue weighted by Gasteiger charge is 1.86. The van der Waals surface area contributed by atoms with E-state index in [0.717, 1.165) is 11.4 Å². The van der Waals surface area contributed by atoms with Gasteiger partial charge in [0, 0.05) is 0 Å². The van der Waals surface area contributed by atoms with Gasteiger partial charge in [-0.2, -0.15) is 0 Å². The molecule has 0 saturated heterocycles. The summed E-state index contributed by atoms with van der Waals surface area (Å²) >= 11 is 0. The minimum absolute atomic E-state index is 0.741. The largest absolute Gasteiger partial charge is 0.356 e. The Morgan fingerprint density at radius 3 is 2.00 bits per heavy atom. The summed E-state index contributed by atoms with van der Waals surface area (Å²) < 4.78 is 0. The number of nitrogens with one attached hydrogen (secondary N) is 2. The number of allylic oxidation sites excluding steroid dienone is 5. The average Bonchev–Trinajstić information content (AvgIpc) is 2.24. The smallest absolute Gasteiger partial charge is 0.0896 e. The zero-order chi connectivity index (χ0) is 11.5. The van der Waals surface area contributed by atoms with E-state index in [0.29, 0.717) is 0 Å². The van der Waals surface area contributed by atoms with Crippen molar-refractivity contribution >= 4 is 0 Å². The maximum absolute atomic E-state index is 3.60. The van der Waals surface area contributed by atoms with Gasteiger partial charge < -0.3 is 10.6 Å². The van der Waals surface area contributed by atoms with Crippen LogP contribution in [0.2, 0.25) is 0 Å². The van der Waals surface area contributed by atoms with Gasteiger partial charge in [0.2, 0.25) is 0 Å². The summed E-state index contributed by atoms with van der Waals surface area (Å²) in [6, 6.07) is 0. The van der Waals surface area contributed by atoms with Gasteiger partial charge in [0.05, 0.1) is 11.4 Å². The molecule has 0 saturated carbocycles. The molecule has 0 heterocycles. The molecule has 0 aliphatic heterocycles. The van der Waals surface area contributed by atoms with E-state index in [9.17, 15) is 0 Å². The molecule has 0 fully saturated rings. The SMILES string of the molecule is C=C/C=C(/C#C/C(=C/C)NC=C)NC=C. The second kappa shape index (κ2) is 8.46. The first-order valence-electron chi connectivity index (χ1n) is 4.54. The topological polar surface area (TPSA) is 24.1 Å². The van der Waals surface area contributed by atoms with Gasteiger partial charge in [-0.3, -0.25) is 0 Å². The molecule has 78 valence electrons. The van der Waals surface area contributed by atoms with Crippen LogP contribution >= 0.6 is 0 Å². The van der Waals surface area contributed by atoms with Crippen molar-refractivity contribution in [3.05, 3.63) is 61.8 Å². The highest BCUT2D eigenvalue weighted by atomic mass is 14.8. The third kappa shape index (κ3) is 6.00. The van der Waals surface area contributed by atoms with Crippen molar-refractivity contribution < 1.29 is 0 Å². The maximum atomic E-state index is 3.60. The van der Waals surface area contributed by atoms with Crippen LogP contribution in [0, 0.1) is 11.8 Å². The molecule has 0 aromatic rings. The molecule has 0 aliphatic rings. The lowest BCUT2D eigenvalue weighted by Gasteiger charge is -1.98. The number of hydrogen-bond donors (Lipinski definition) is 2. The van der Waals surface area contributed by atoms with Crippen molar-refractivity contribution in [2.75, 3.05) is 0 Å². The molecular formula is C13H16N2. The summed E-state index contributed by atoms with van der Waals surface area (Å²) in [4.78, 5) is 0. The zero-order valence-corrected chi connectivity index (χ0v) is 9.01.